The first kappa shape index (κ1) is 14.8. The van der Waals surface area contributed by atoms with E-state index in [1.807, 2.05) is 24.3 Å². The number of likely N-dealkylation sites (N-methyl/N-ethyl adjacent to an activating group) is 2. The molecule has 5 heteroatoms. The lowest BCUT2D eigenvalue weighted by Crippen LogP contribution is -2.36. The van der Waals surface area contributed by atoms with Crippen molar-refractivity contribution in [3.63, 3.8) is 0 Å². The maximum absolute atomic E-state index is 8.85. The zero-order valence-electron chi connectivity index (χ0n) is 12.3. The minimum atomic E-state index is 0.173. The molecule has 0 amide bonds. The predicted octanol–water partition coefficient (Wildman–Crippen LogP) is 1.31. The number of hydrogen-bond acceptors (Lipinski definition) is 4. The average Bonchev–Trinajstić information content (AvgIpc) is 2.84. The lowest BCUT2D eigenvalue weighted by atomic mass is 10.1. The molecule has 0 bridgehead atoms. The summed E-state index contributed by atoms with van der Waals surface area (Å²) in [4.78, 5) is 4.72. The standard InChI is InChI=1S/C15H24N4O/c1-18(11-13-7-5-9-19(13)2)10-12-6-3-4-8-14(12)15(16)17-20/h3-4,6,8,13,20H,5,7,9-11H2,1-2H3,(H2,16,17). The first-order valence-corrected chi connectivity index (χ1v) is 7.06. The van der Waals surface area contributed by atoms with Crippen molar-refractivity contribution in [1.82, 2.24) is 9.80 Å². The fraction of sp³-hybridized carbons (Fsp3) is 0.533. The van der Waals surface area contributed by atoms with Gasteiger partial charge >= 0.3 is 0 Å². The Labute approximate surface area is 120 Å². The summed E-state index contributed by atoms with van der Waals surface area (Å²) >= 11 is 0. The van der Waals surface area contributed by atoms with Crippen LogP contribution in [0.2, 0.25) is 0 Å². The lowest BCUT2D eigenvalue weighted by Gasteiger charge is -2.26. The Morgan fingerprint density at radius 1 is 1.50 bits per heavy atom. The van der Waals surface area contributed by atoms with Crippen molar-refractivity contribution in [2.24, 2.45) is 10.9 Å². The average molecular weight is 276 g/mol. The molecular formula is C15H24N4O. The molecule has 1 atom stereocenters. The zero-order valence-corrected chi connectivity index (χ0v) is 12.3. The van der Waals surface area contributed by atoms with E-state index in [1.165, 1.54) is 19.4 Å². The molecule has 5 nitrogen and oxygen atoms in total. The van der Waals surface area contributed by atoms with Crippen LogP contribution in [0.25, 0.3) is 0 Å². The van der Waals surface area contributed by atoms with Crippen LogP contribution in [0.4, 0.5) is 0 Å². The fourth-order valence-corrected chi connectivity index (χ4v) is 2.89. The van der Waals surface area contributed by atoms with Gasteiger partial charge in [-0.15, -0.1) is 0 Å². The van der Waals surface area contributed by atoms with E-state index in [-0.39, 0.29) is 5.84 Å². The highest BCUT2D eigenvalue weighted by Crippen LogP contribution is 2.17. The van der Waals surface area contributed by atoms with Gasteiger partial charge in [-0.05, 0) is 39.0 Å². The van der Waals surface area contributed by atoms with E-state index in [2.05, 4.69) is 29.1 Å². The number of oxime groups is 1. The minimum Gasteiger partial charge on any atom is -0.409 e. The first-order valence-electron chi connectivity index (χ1n) is 7.06. The highest BCUT2D eigenvalue weighted by molar-refractivity contribution is 5.98. The topological polar surface area (TPSA) is 65.1 Å². The predicted molar refractivity (Wildman–Crippen MR) is 80.9 cm³/mol. The second-order valence-corrected chi connectivity index (χ2v) is 5.62. The van der Waals surface area contributed by atoms with Crippen LogP contribution in [-0.4, -0.2) is 54.1 Å². The third-order valence-electron chi connectivity index (χ3n) is 4.04. The number of rotatable bonds is 5. The van der Waals surface area contributed by atoms with E-state index >= 15 is 0 Å². The van der Waals surface area contributed by atoms with Gasteiger partial charge in [0, 0.05) is 24.7 Å². The molecule has 2 rings (SSSR count). The SMILES string of the molecule is CN(Cc1ccccc1C(N)=NO)CC1CCCN1C. The first-order chi connectivity index (χ1) is 9.61. The summed E-state index contributed by atoms with van der Waals surface area (Å²) in [7, 11) is 4.31. The lowest BCUT2D eigenvalue weighted by molar-refractivity contribution is 0.215. The van der Waals surface area contributed by atoms with Crippen LogP contribution in [0.5, 0.6) is 0 Å². The Morgan fingerprint density at radius 3 is 2.90 bits per heavy atom. The number of likely N-dealkylation sites (tertiary alicyclic amines) is 1. The highest BCUT2D eigenvalue weighted by atomic mass is 16.4. The smallest absolute Gasteiger partial charge is 0.170 e. The van der Waals surface area contributed by atoms with Crippen LogP contribution in [0.3, 0.4) is 0 Å². The van der Waals surface area contributed by atoms with Gasteiger partial charge in [0.05, 0.1) is 0 Å². The fourth-order valence-electron chi connectivity index (χ4n) is 2.89. The highest BCUT2D eigenvalue weighted by Gasteiger charge is 2.22. The molecule has 0 radical (unpaired) electrons. The molecule has 1 aromatic rings. The van der Waals surface area contributed by atoms with Gasteiger partial charge in [0.2, 0.25) is 0 Å². The van der Waals surface area contributed by atoms with Crippen molar-refractivity contribution in [1.29, 1.82) is 0 Å². The molecule has 1 fully saturated rings. The van der Waals surface area contributed by atoms with Crippen molar-refractivity contribution < 1.29 is 5.21 Å². The molecule has 0 saturated carbocycles. The van der Waals surface area contributed by atoms with Gasteiger partial charge in [-0.2, -0.15) is 0 Å². The summed E-state index contributed by atoms with van der Waals surface area (Å²) in [5, 5.41) is 12.0. The van der Waals surface area contributed by atoms with Crippen molar-refractivity contribution in [2.45, 2.75) is 25.4 Å². The van der Waals surface area contributed by atoms with Crippen molar-refractivity contribution in [3.05, 3.63) is 35.4 Å². The van der Waals surface area contributed by atoms with E-state index in [4.69, 9.17) is 10.9 Å². The van der Waals surface area contributed by atoms with Crippen LogP contribution < -0.4 is 5.73 Å². The molecule has 1 saturated heterocycles. The molecule has 1 heterocycles. The summed E-state index contributed by atoms with van der Waals surface area (Å²) in [6, 6.07) is 8.44. The summed E-state index contributed by atoms with van der Waals surface area (Å²) in [5.41, 5.74) is 7.63. The van der Waals surface area contributed by atoms with Crippen molar-refractivity contribution >= 4 is 5.84 Å². The Kier molecular flexibility index (Phi) is 4.98. The van der Waals surface area contributed by atoms with Gasteiger partial charge in [-0.3, -0.25) is 0 Å². The van der Waals surface area contributed by atoms with E-state index in [9.17, 15) is 0 Å². The molecule has 1 aromatic carbocycles. The molecule has 0 spiro atoms. The summed E-state index contributed by atoms with van der Waals surface area (Å²) < 4.78 is 0. The molecular weight excluding hydrogens is 252 g/mol. The number of amidine groups is 1. The summed E-state index contributed by atoms with van der Waals surface area (Å²) in [6.07, 6.45) is 2.55. The van der Waals surface area contributed by atoms with Crippen molar-refractivity contribution in [2.75, 3.05) is 27.2 Å². The van der Waals surface area contributed by atoms with Gasteiger partial charge in [0.1, 0.15) is 0 Å². The second-order valence-electron chi connectivity index (χ2n) is 5.62. The maximum atomic E-state index is 8.85. The number of nitrogens with two attached hydrogens (primary N) is 1. The Morgan fingerprint density at radius 2 is 2.25 bits per heavy atom. The molecule has 0 aromatic heterocycles. The maximum Gasteiger partial charge on any atom is 0.170 e. The Balaban J connectivity index is 2.02. The minimum absolute atomic E-state index is 0.173. The third kappa shape index (κ3) is 3.49. The number of hydrogen-bond donors (Lipinski definition) is 2. The normalized spacial score (nSPS) is 20.8. The van der Waals surface area contributed by atoms with E-state index in [0.29, 0.717) is 6.04 Å². The number of benzene rings is 1. The molecule has 110 valence electrons. The molecule has 3 N–H and O–H groups in total. The van der Waals surface area contributed by atoms with E-state index in [1.54, 1.807) is 0 Å². The van der Waals surface area contributed by atoms with Gasteiger partial charge in [0.15, 0.2) is 5.84 Å². The van der Waals surface area contributed by atoms with Crippen LogP contribution in [0.1, 0.15) is 24.0 Å². The van der Waals surface area contributed by atoms with Crippen LogP contribution in [0.15, 0.2) is 29.4 Å². The van der Waals surface area contributed by atoms with Crippen LogP contribution >= 0.6 is 0 Å². The van der Waals surface area contributed by atoms with E-state index < -0.39 is 0 Å². The van der Waals surface area contributed by atoms with Gasteiger partial charge in [0.25, 0.3) is 0 Å². The zero-order chi connectivity index (χ0) is 14.5. The Hall–Kier alpha value is -1.59. The Bertz CT molecular complexity index is 475. The number of nitrogens with zero attached hydrogens (tertiary/aromatic N) is 3. The largest absolute Gasteiger partial charge is 0.409 e. The van der Waals surface area contributed by atoms with E-state index in [0.717, 1.165) is 24.2 Å². The molecule has 0 aliphatic carbocycles. The second kappa shape index (κ2) is 6.72. The third-order valence-corrected chi connectivity index (χ3v) is 4.04. The molecule has 20 heavy (non-hydrogen) atoms. The molecule has 1 unspecified atom stereocenters. The van der Waals surface area contributed by atoms with Gasteiger partial charge in [-0.1, -0.05) is 29.4 Å². The summed E-state index contributed by atoms with van der Waals surface area (Å²) in [6.45, 7) is 3.04. The monoisotopic (exact) mass is 276 g/mol. The summed E-state index contributed by atoms with van der Waals surface area (Å²) in [5.74, 6) is 0.173. The van der Waals surface area contributed by atoms with Crippen LogP contribution in [-0.2, 0) is 6.54 Å². The van der Waals surface area contributed by atoms with Crippen molar-refractivity contribution in [3.8, 4) is 0 Å². The van der Waals surface area contributed by atoms with Gasteiger partial charge < -0.3 is 20.7 Å². The quantitative estimate of drug-likeness (QED) is 0.368. The molecule has 1 aliphatic heterocycles. The van der Waals surface area contributed by atoms with Crippen LogP contribution in [0, 0.1) is 0 Å². The van der Waals surface area contributed by atoms with Gasteiger partial charge in [-0.25, -0.2) is 0 Å². The molecule has 1 aliphatic rings.